The summed E-state index contributed by atoms with van der Waals surface area (Å²) < 4.78 is 0. The third-order valence-electron chi connectivity index (χ3n) is 2.81. The molecule has 1 atom stereocenters. The Morgan fingerprint density at radius 3 is 2.67 bits per heavy atom. The molecule has 1 saturated heterocycles. The van der Waals surface area contributed by atoms with Crippen LogP contribution in [0.4, 0.5) is 0 Å². The van der Waals surface area contributed by atoms with Crippen molar-refractivity contribution in [3.05, 3.63) is 0 Å². The van der Waals surface area contributed by atoms with E-state index in [0.29, 0.717) is 11.5 Å². The van der Waals surface area contributed by atoms with Crippen LogP contribution in [0.15, 0.2) is 0 Å². The van der Waals surface area contributed by atoms with Gasteiger partial charge in [-0.2, -0.15) is 5.06 Å². The van der Waals surface area contributed by atoms with Crippen molar-refractivity contribution in [2.24, 2.45) is 5.41 Å². The van der Waals surface area contributed by atoms with Gasteiger partial charge >= 0.3 is 0 Å². The van der Waals surface area contributed by atoms with E-state index >= 15 is 0 Å². The molecule has 1 aliphatic rings. The van der Waals surface area contributed by atoms with E-state index in [4.69, 9.17) is 4.84 Å². The van der Waals surface area contributed by atoms with Crippen LogP contribution in [-0.4, -0.2) is 24.8 Å². The molecule has 1 aliphatic heterocycles. The fraction of sp³-hybridized carbons (Fsp3) is 1.00. The van der Waals surface area contributed by atoms with Gasteiger partial charge in [-0.1, -0.05) is 13.8 Å². The van der Waals surface area contributed by atoms with Crippen LogP contribution in [0.2, 0.25) is 0 Å². The van der Waals surface area contributed by atoms with Gasteiger partial charge in [0.2, 0.25) is 0 Å². The minimum Gasteiger partial charge on any atom is -0.302 e. The molecule has 1 rings (SSSR count). The van der Waals surface area contributed by atoms with Crippen LogP contribution in [0.25, 0.3) is 0 Å². The Balaban J connectivity index is 2.56. The molecule has 0 amide bonds. The SMILES string of the molecule is CON1CCCC(C)(C)CC1C. The molecule has 1 heterocycles. The van der Waals surface area contributed by atoms with Gasteiger partial charge in [0.25, 0.3) is 0 Å². The summed E-state index contributed by atoms with van der Waals surface area (Å²) in [6, 6.07) is 0.562. The Kier molecular flexibility index (Phi) is 3.13. The minimum atomic E-state index is 0.493. The highest BCUT2D eigenvalue weighted by Crippen LogP contribution is 2.32. The highest BCUT2D eigenvalue weighted by atomic mass is 16.7. The van der Waals surface area contributed by atoms with Gasteiger partial charge < -0.3 is 4.84 Å². The van der Waals surface area contributed by atoms with Gasteiger partial charge in [0.1, 0.15) is 0 Å². The van der Waals surface area contributed by atoms with Crippen molar-refractivity contribution >= 4 is 0 Å². The molecule has 1 fully saturated rings. The zero-order valence-electron chi connectivity index (χ0n) is 8.76. The average molecular weight is 171 g/mol. The van der Waals surface area contributed by atoms with E-state index in [1.54, 1.807) is 7.11 Å². The molecule has 2 nitrogen and oxygen atoms in total. The Morgan fingerprint density at radius 2 is 2.08 bits per heavy atom. The predicted molar refractivity (Wildman–Crippen MR) is 50.8 cm³/mol. The van der Waals surface area contributed by atoms with Crippen LogP contribution in [0.5, 0.6) is 0 Å². The molecule has 72 valence electrons. The van der Waals surface area contributed by atoms with E-state index in [1.807, 2.05) is 0 Å². The second-order valence-electron chi connectivity index (χ2n) is 4.64. The molecule has 2 heteroatoms. The highest BCUT2D eigenvalue weighted by Gasteiger charge is 2.28. The molecule has 0 spiro atoms. The van der Waals surface area contributed by atoms with E-state index in [9.17, 15) is 0 Å². The van der Waals surface area contributed by atoms with E-state index in [1.165, 1.54) is 19.3 Å². The summed E-state index contributed by atoms with van der Waals surface area (Å²) in [7, 11) is 1.77. The largest absolute Gasteiger partial charge is 0.302 e. The number of nitrogens with zero attached hydrogens (tertiary/aromatic N) is 1. The molecular weight excluding hydrogens is 150 g/mol. The van der Waals surface area contributed by atoms with Gasteiger partial charge in [0.05, 0.1) is 7.11 Å². The van der Waals surface area contributed by atoms with Gasteiger partial charge in [-0.3, -0.25) is 0 Å². The maximum atomic E-state index is 5.31. The van der Waals surface area contributed by atoms with E-state index in [2.05, 4.69) is 25.8 Å². The molecular formula is C10H21NO. The van der Waals surface area contributed by atoms with E-state index < -0.39 is 0 Å². The second kappa shape index (κ2) is 3.75. The molecule has 0 aromatic carbocycles. The third-order valence-corrected chi connectivity index (χ3v) is 2.81. The Bertz CT molecular complexity index is 145. The van der Waals surface area contributed by atoms with Crippen molar-refractivity contribution in [1.82, 2.24) is 5.06 Å². The van der Waals surface area contributed by atoms with Gasteiger partial charge in [0, 0.05) is 12.6 Å². The molecule has 0 aliphatic carbocycles. The van der Waals surface area contributed by atoms with E-state index in [-0.39, 0.29) is 0 Å². The summed E-state index contributed by atoms with van der Waals surface area (Å²) >= 11 is 0. The third kappa shape index (κ3) is 2.46. The monoisotopic (exact) mass is 171 g/mol. The first-order valence-electron chi connectivity index (χ1n) is 4.86. The topological polar surface area (TPSA) is 12.5 Å². The lowest BCUT2D eigenvalue weighted by Gasteiger charge is -2.28. The normalized spacial score (nSPS) is 31.5. The zero-order chi connectivity index (χ0) is 9.19. The molecule has 0 N–H and O–H groups in total. The van der Waals surface area contributed by atoms with Crippen molar-refractivity contribution in [2.45, 2.75) is 46.1 Å². The highest BCUT2D eigenvalue weighted by molar-refractivity contribution is 4.78. The predicted octanol–water partition coefficient (Wildman–Crippen LogP) is 2.45. The number of rotatable bonds is 1. The molecule has 1 unspecified atom stereocenters. The summed E-state index contributed by atoms with van der Waals surface area (Å²) in [5.74, 6) is 0. The molecule has 0 aromatic rings. The fourth-order valence-corrected chi connectivity index (χ4v) is 2.21. The second-order valence-corrected chi connectivity index (χ2v) is 4.64. The first-order chi connectivity index (χ1) is 5.55. The van der Waals surface area contributed by atoms with Gasteiger partial charge in [-0.05, 0) is 31.6 Å². The summed E-state index contributed by atoms with van der Waals surface area (Å²) in [4.78, 5) is 5.31. The van der Waals surface area contributed by atoms with Crippen LogP contribution >= 0.6 is 0 Å². The average Bonchev–Trinajstić information content (AvgIpc) is 2.07. The Hall–Kier alpha value is -0.0800. The summed E-state index contributed by atoms with van der Waals surface area (Å²) in [5.41, 5.74) is 0.493. The Morgan fingerprint density at radius 1 is 1.42 bits per heavy atom. The lowest BCUT2D eigenvalue weighted by Crippen LogP contribution is -2.32. The molecule has 12 heavy (non-hydrogen) atoms. The van der Waals surface area contributed by atoms with Crippen molar-refractivity contribution in [3.8, 4) is 0 Å². The standard InChI is InChI=1S/C10H21NO/c1-9-8-10(2,3)6-5-7-11(9)12-4/h9H,5-8H2,1-4H3. The minimum absolute atomic E-state index is 0.493. The maximum absolute atomic E-state index is 5.31. The maximum Gasteiger partial charge on any atom is 0.0575 e. The van der Waals surface area contributed by atoms with Gasteiger partial charge in [0.15, 0.2) is 0 Å². The summed E-state index contributed by atoms with van der Waals surface area (Å²) in [5, 5.41) is 2.11. The summed E-state index contributed by atoms with van der Waals surface area (Å²) in [6.45, 7) is 8.03. The van der Waals surface area contributed by atoms with Crippen LogP contribution in [-0.2, 0) is 4.84 Å². The van der Waals surface area contributed by atoms with E-state index in [0.717, 1.165) is 6.54 Å². The number of hydrogen-bond acceptors (Lipinski definition) is 2. The van der Waals surface area contributed by atoms with Crippen molar-refractivity contribution in [3.63, 3.8) is 0 Å². The first kappa shape index (κ1) is 10.0. The zero-order valence-corrected chi connectivity index (χ0v) is 8.76. The molecule has 0 aromatic heterocycles. The van der Waals surface area contributed by atoms with Crippen molar-refractivity contribution < 1.29 is 4.84 Å². The Labute approximate surface area is 75.8 Å². The lowest BCUT2D eigenvalue weighted by molar-refractivity contribution is -0.157. The van der Waals surface area contributed by atoms with Crippen LogP contribution < -0.4 is 0 Å². The fourth-order valence-electron chi connectivity index (χ4n) is 2.21. The van der Waals surface area contributed by atoms with Crippen LogP contribution in [0.3, 0.4) is 0 Å². The number of hydrogen-bond donors (Lipinski definition) is 0. The first-order valence-corrected chi connectivity index (χ1v) is 4.86. The van der Waals surface area contributed by atoms with Crippen LogP contribution in [0.1, 0.15) is 40.0 Å². The smallest absolute Gasteiger partial charge is 0.0575 e. The summed E-state index contributed by atoms with van der Waals surface area (Å²) in [6.07, 6.45) is 3.81. The molecule has 0 saturated carbocycles. The van der Waals surface area contributed by atoms with Gasteiger partial charge in [-0.15, -0.1) is 0 Å². The van der Waals surface area contributed by atoms with Crippen LogP contribution in [0, 0.1) is 5.41 Å². The molecule has 0 radical (unpaired) electrons. The quantitative estimate of drug-likeness (QED) is 0.601. The molecule has 0 bridgehead atoms. The lowest BCUT2D eigenvalue weighted by atomic mass is 9.83. The number of hydroxylamine groups is 2. The van der Waals surface area contributed by atoms with Gasteiger partial charge in [-0.25, -0.2) is 0 Å². The van der Waals surface area contributed by atoms with Crippen molar-refractivity contribution in [1.29, 1.82) is 0 Å². The van der Waals surface area contributed by atoms with Crippen molar-refractivity contribution in [2.75, 3.05) is 13.7 Å².